The molecular formula is C106H80F4N16O18. The van der Waals surface area contributed by atoms with Crippen molar-refractivity contribution in [3.05, 3.63) is 400 Å². The number of amides is 4. The number of aromatic nitrogens is 8. The Balaban J connectivity index is 0.000000101. The lowest BCUT2D eigenvalue weighted by molar-refractivity contribution is -0.0197. The summed E-state index contributed by atoms with van der Waals surface area (Å²) in [6.45, 7) is 3.36. The first kappa shape index (κ1) is 87.9. The summed E-state index contributed by atoms with van der Waals surface area (Å²) in [6, 6.07) is 58.1. The van der Waals surface area contributed by atoms with Gasteiger partial charge in [0.15, 0.2) is 69.0 Å². The maximum absolute atomic E-state index is 15.6. The van der Waals surface area contributed by atoms with Crippen LogP contribution in [-0.4, -0.2) is 205 Å². The second kappa shape index (κ2) is 34.1. The molecule has 0 radical (unpaired) electrons. The van der Waals surface area contributed by atoms with Crippen LogP contribution in [0.2, 0.25) is 0 Å². The number of pyridine rings is 4. The summed E-state index contributed by atoms with van der Waals surface area (Å²) in [5.41, 5.74) is 11.3. The summed E-state index contributed by atoms with van der Waals surface area (Å²) in [5.74, 6) is -7.52. The number of carbonyl (C=O) groups excluding carboxylic acids is 4. The average molecular weight is 1940 g/mol. The second-order valence-corrected chi connectivity index (χ2v) is 36.0. The van der Waals surface area contributed by atoms with Gasteiger partial charge >= 0.3 is 0 Å². The van der Waals surface area contributed by atoms with Gasteiger partial charge in [0.05, 0.1) is 125 Å². The molecule has 18 heterocycles. The first-order valence-corrected chi connectivity index (χ1v) is 46.4. The SMILES string of the molecule is O=C1c2c(O)c(=O)ccn2N(C2c3ccccc3-c3cncn3-c3ccccc32)C2COCCN12.O=C1c2c(O)c(=O)ccn2N(C2c3ccccc3-c3occc3-c3c2ccc(F)c3F)C2COCCN12.O=C1c2c(O)c(=O)ccn2N([C@@H]2c3ccccc3-c3occc3-c3c2ccc(F)c3F)[C@@H]2COCCN12.O=C1c2c(O)c(=O)ccn2N([C@H]2c3ccccc3-c3cncn3-c3ccccc32)[C@@H]2COCCN12. The molecule has 8 atom stereocenters. The van der Waals surface area contributed by atoms with Crippen molar-refractivity contribution in [2.45, 2.75) is 48.8 Å². The van der Waals surface area contributed by atoms with Gasteiger partial charge in [-0.15, -0.1) is 0 Å². The van der Waals surface area contributed by atoms with Crippen LogP contribution in [0.5, 0.6) is 23.0 Å². The summed E-state index contributed by atoms with van der Waals surface area (Å²) in [4.78, 5) is 118. The van der Waals surface area contributed by atoms with Gasteiger partial charge in [0, 0.05) is 131 Å². The van der Waals surface area contributed by atoms with Gasteiger partial charge in [-0.25, -0.2) is 27.5 Å². The highest BCUT2D eigenvalue weighted by atomic mass is 19.2. The van der Waals surface area contributed by atoms with E-state index in [1.54, 1.807) is 66.4 Å². The number of ether oxygens (including phenoxy) is 4. The predicted octanol–water partition coefficient (Wildman–Crippen LogP) is 11.7. The van der Waals surface area contributed by atoms with Crippen LogP contribution in [0, 0.1) is 23.3 Å². The zero-order valence-corrected chi connectivity index (χ0v) is 75.7. The first-order valence-electron chi connectivity index (χ1n) is 46.4. The van der Waals surface area contributed by atoms with E-state index in [-0.39, 0.29) is 97.3 Å². The molecule has 38 heteroatoms. The van der Waals surface area contributed by atoms with E-state index in [0.717, 1.165) is 80.4 Å². The Morgan fingerprint density at radius 3 is 0.896 bits per heavy atom. The maximum atomic E-state index is 15.6. The summed E-state index contributed by atoms with van der Waals surface area (Å²) in [5, 5.41) is 50.5. The number of para-hydroxylation sites is 2. The molecule has 12 aliphatic rings. The van der Waals surface area contributed by atoms with Gasteiger partial charge in [-0.3, -0.25) is 86.2 Å². The van der Waals surface area contributed by atoms with Crippen molar-refractivity contribution in [1.29, 1.82) is 0 Å². The highest BCUT2D eigenvalue weighted by Gasteiger charge is 2.53. The highest BCUT2D eigenvalue weighted by molar-refractivity contribution is 6.00. The standard InChI is InChI=1S/2C27H19F2N3O5.2C26H21N5O4/c2*28-18-6-5-16-21(22(18)29)17-8-11-37-26(17)15-4-2-1-3-14(15)23(16)32-20-13-36-12-10-30(20)27(35)24-25(34)19(33)7-9-31(24)32;2*32-21-9-10-30-24(25(21)33)26(34)28-11-12-35-14-22(28)31(30)23-17-6-2-1-5-16(17)20-13-27-15-29(20)19-8-4-3-7-18(19)23/h2*1-9,11,20,23,34H,10,12-13H2;2*1-10,13,15,22-23,33H,11-12,14H2/t20-,23-;;22-,23+;/m1.1./s1. The van der Waals surface area contributed by atoms with E-state index in [4.69, 9.17) is 27.8 Å². The molecule has 8 aromatic carbocycles. The number of rotatable bonds is 4. The highest BCUT2D eigenvalue weighted by Crippen LogP contribution is 2.55. The normalized spacial score (nSPS) is 20.1. The molecule has 4 amide bonds. The van der Waals surface area contributed by atoms with Crippen LogP contribution < -0.4 is 41.8 Å². The fourth-order valence-corrected chi connectivity index (χ4v) is 22.6. The summed E-state index contributed by atoms with van der Waals surface area (Å²) in [6.07, 6.45) is 13.9. The molecule has 16 aromatic rings. The van der Waals surface area contributed by atoms with Gasteiger partial charge in [-0.2, -0.15) is 0 Å². The van der Waals surface area contributed by atoms with E-state index >= 15 is 8.78 Å². The van der Waals surface area contributed by atoms with Gasteiger partial charge in [-0.1, -0.05) is 146 Å². The molecule has 28 rings (SSSR count). The third kappa shape index (κ3) is 13.2. The minimum Gasteiger partial charge on any atom is -0.502 e. The quantitative estimate of drug-likeness (QED) is 0.119. The Hall–Kier alpha value is -17.6. The number of benzene rings is 8. The molecule has 34 nitrogen and oxygen atoms in total. The van der Waals surface area contributed by atoms with E-state index in [9.17, 15) is 67.6 Å². The van der Waals surface area contributed by atoms with Crippen molar-refractivity contribution in [3.8, 4) is 102 Å². The Morgan fingerprint density at radius 1 is 0.299 bits per heavy atom. The Morgan fingerprint density at radius 2 is 0.576 bits per heavy atom. The van der Waals surface area contributed by atoms with Crippen LogP contribution in [0.25, 0.3) is 78.8 Å². The Kier molecular flexibility index (Phi) is 20.8. The van der Waals surface area contributed by atoms with Crippen LogP contribution in [0.15, 0.2) is 297 Å². The number of fused-ring (bicyclic) bond motifs is 28. The molecule has 0 spiro atoms. The third-order valence-electron chi connectivity index (χ3n) is 28.8. The lowest BCUT2D eigenvalue weighted by Crippen LogP contribution is -2.66. The van der Waals surface area contributed by atoms with E-state index in [0.29, 0.717) is 95.5 Å². The number of furan rings is 2. The van der Waals surface area contributed by atoms with Gasteiger partial charge in [0.1, 0.15) is 48.3 Å². The van der Waals surface area contributed by atoms with Crippen LogP contribution in [0.1, 0.15) is 111 Å². The van der Waals surface area contributed by atoms with Crippen molar-refractivity contribution in [2.24, 2.45) is 0 Å². The van der Waals surface area contributed by atoms with Gasteiger partial charge in [0.2, 0.25) is 21.7 Å². The lowest BCUT2D eigenvalue weighted by atomic mass is 9.92. The number of carbonyl (C=O) groups is 4. The van der Waals surface area contributed by atoms with Crippen LogP contribution in [-0.2, 0) is 18.9 Å². The van der Waals surface area contributed by atoms with Crippen LogP contribution in [0.4, 0.5) is 17.6 Å². The summed E-state index contributed by atoms with van der Waals surface area (Å²) in [7, 11) is 0. The van der Waals surface area contributed by atoms with Crippen molar-refractivity contribution in [2.75, 3.05) is 99.1 Å². The van der Waals surface area contributed by atoms with Crippen molar-refractivity contribution in [1.82, 2.24) is 57.4 Å². The second-order valence-electron chi connectivity index (χ2n) is 36.0. The lowest BCUT2D eigenvalue weighted by Gasteiger charge is -2.51. The van der Waals surface area contributed by atoms with Gasteiger partial charge in [-0.05, 0) is 69.8 Å². The molecule has 720 valence electrons. The molecule has 2 aliphatic carbocycles. The molecular weight excluding hydrogens is 1860 g/mol. The molecule has 4 N–H and O–H groups in total. The third-order valence-corrected chi connectivity index (χ3v) is 28.8. The van der Waals surface area contributed by atoms with Crippen molar-refractivity contribution < 1.29 is 84.9 Å². The zero-order valence-electron chi connectivity index (χ0n) is 75.7. The topological polar surface area (TPSA) is 362 Å². The average Bonchev–Trinajstić information content (AvgIpc) is 1.09. The molecule has 4 unspecified atom stereocenters. The fraction of sp³-hybridized carbons (Fsp3) is 0.189. The molecule has 10 aliphatic heterocycles. The zero-order chi connectivity index (χ0) is 98.2. The number of hydrogen-bond acceptors (Lipinski definition) is 24. The number of hydrogen-bond donors (Lipinski definition) is 4. The Labute approximate surface area is 811 Å². The van der Waals surface area contributed by atoms with Gasteiger partial charge in [0.25, 0.3) is 23.6 Å². The van der Waals surface area contributed by atoms with E-state index in [2.05, 4.69) is 55.5 Å². The largest absolute Gasteiger partial charge is 0.502 e. The predicted molar refractivity (Wildman–Crippen MR) is 509 cm³/mol. The minimum atomic E-state index is -1.02. The Bertz CT molecular complexity index is 7750. The van der Waals surface area contributed by atoms with E-state index in [1.165, 1.54) is 68.3 Å². The molecule has 144 heavy (non-hydrogen) atoms. The molecule has 0 saturated carbocycles. The van der Waals surface area contributed by atoms with E-state index < -0.39 is 117 Å². The minimum absolute atomic E-state index is 0.0314. The number of nitrogens with zero attached hydrogens (tertiary/aromatic N) is 16. The summed E-state index contributed by atoms with van der Waals surface area (Å²) < 4.78 is 105. The number of morpholine rings is 4. The number of halogens is 4. The van der Waals surface area contributed by atoms with E-state index in [1.807, 2.05) is 132 Å². The molecule has 8 aromatic heterocycles. The first-order chi connectivity index (χ1) is 70.2. The van der Waals surface area contributed by atoms with Crippen LogP contribution in [0.3, 0.4) is 0 Å². The fourth-order valence-electron chi connectivity index (χ4n) is 22.6. The number of imidazole rings is 2. The van der Waals surface area contributed by atoms with Gasteiger partial charge < -0.3 is 67.8 Å². The van der Waals surface area contributed by atoms with Crippen molar-refractivity contribution >= 4 is 23.6 Å². The number of aromatic hydroxyl groups is 4. The van der Waals surface area contributed by atoms with Crippen LogP contribution >= 0.6 is 0 Å². The monoisotopic (exact) mass is 1940 g/mol. The smallest absolute Gasteiger partial charge is 0.278 e. The molecule has 4 saturated heterocycles. The molecule has 0 bridgehead atoms. The molecule has 4 fully saturated rings. The maximum Gasteiger partial charge on any atom is 0.278 e. The summed E-state index contributed by atoms with van der Waals surface area (Å²) >= 11 is 0. The van der Waals surface area contributed by atoms with Crippen molar-refractivity contribution in [3.63, 3.8) is 0 Å².